The molecule has 0 spiro atoms. The number of carbonyl (C=O) groups is 1. The monoisotopic (exact) mass is 266 g/mol. The molecule has 0 N–H and O–H groups in total. The van der Waals surface area contributed by atoms with Crippen molar-refractivity contribution in [2.45, 2.75) is 31.2 Å². The highest BCUT2D eigenvalue weighted by molar-refractivity contribution is 5.78. The molecule has 0 atom stereocenters. The van der Waals surface area contributed by atoms with Crippen LogP contribution in [0.4, 0.5) is 5.69 Å². The van der Waals surface area contributed by atoms with E-state index in [-0.39, 0.29) is 5.54 Å². The predicted molar refractivity (Wildman–Crippen MR) is 79.4 cm³/mol. The number of aromatic nitrogens is 1. The van der Waals surface area contributed by atoms with Crippen molar-refractivity contribution in [2.75, 3.05) is 4.90 Å². The Morgan fingerprint density at radius 2 is 1.65 bits per heavy atom. The second kappa shape index (κ2) is 5.45. The summed E-state index contributed by atoms with van der Waals surface area (Å²) in [5.41, 5.74) is 1.94. The van der Waals surface area contributed by atoms with Crippen molar-refractivity contribution >= 4 is 12.1 Å². The molecule has 1 amide bonds. The Labute approximate surface area is 119 Å². The minimum atomic E-state index is -0.204. The number of rotatable bonds is 4. The molecule has 1 aliphatic carbocycles. The molecule has 0 unspecified atom stereocenters. The number of hydrogen-bond acceptors (Lipinski definition) is 2. The van der Waals surface area contributed by atoms with E-state index in [0.717, 1.165) is 37.8 Å². The second-order valence-corrected chi connectivity index (χ2v) is 5.29. The molecule has 1 aromatic heterocycles. The van der Waals surface area contributed by atoms with E-state index in [0.29, 0.717) is 0 Å². The van der Waals surface area contributed by atoms with Crippen molar-refractivity contribution in [1.82, 2.24) is 4.98 Å². The summed E-state index contributed by atoms with van der Waals surface area (Å²) >= 11 is 0. The van der Waals surface area contributed by atoms with Crippen molar-refractivity contribution in [1.29, 1.82) is 0 Å². The number of nitrogens with zero attached hydrogens (tertiary/aromatic N) is 2. The van der Waals surface area contributed by atoms with E-state index in [2.05, 4.69) is 17.1 Å². The van der Waals surface area contributed by atoms with Crippen LogP contribution in [0.15, 0.2) is 54.9 Å². The lowest BCUT2D eigenvalue weighted by atomic mass is 9.86. The molecule has 3 rings (SSSR count). The highest BCUT2D eigenvalue weighted by atomic mass is 16.1. The zero-order valence-corrected chi connectivity index (χ0v) is 11.4. The topological polar surface area (TPSA) is 33.2 Å². The van der Waals surface area contributed by atoms with Crippen LogP contribution in [0.1, 0.15) is 31.2 Å². The van der Waals surface area contributed by atoms with Crippen LogP contribution in [0.2, 0.25) is 0 Å². The molecule has 3 heteroatoms. The first-order valence-electron chi connectivity index (χ1n) is 7.07. The molecular formula is C17H18N2O. The van der Waals surface area contributed by atoms with E-state index in [1.165, 1.54) is 5.56 Å². The van der Waals surface area contributed by atoms with Gasteiger partial charge in [-0.3, -0.25) is 9.78 Å². The first-order valence-corrected chi connectivity index (χ1v) is 7.07. The molecule has 1 aliphatic rings. The maximum absolute atomic E-state index is 11.8. The molecule has 102 valence electrons. The third-order valence-corrected chi connectivity index (χ3v) is 4.25. The molecule has 20 heavy (non-hydrogen) atoms. The van der Waals surface area contributed by atoms with Gasteiger partial charge in [0.2, 0.25) is 6.41 Å². The van der Waals surface area contributed by atoms with Gasteiger partial charge in [-0.1, -0.05) is 43.2 Å². The van der Waals surface area contributed by atoms with E-state index >= 15 is 0 Å². The molecule has 2 aromatic rings. The largest absolute Gasteiger partial charge is 0.305 e. The van der Waals surface area contributed by atoms with Gasteiger partial charge in [-0.05, 0) is 30.5 Å². The van der Waals surface area contributed by atoms with E-state index in [4.69, 9.17) is 0 Å². The lowest BCUT2D eigenvalue weighted by molar-refractivity contribution is -0.108. The standard InChI is InChI=1S/C17H18N2O/c20-14-19(16-8-12-18-13-9-16)17(10-4-5-11-17)15-6-2-1-3-7-15/h1-3,6-9,12-14H,4-5,10-11H2. The number of hydrogen-bond donors (Lipinski definition) is 0. The SMILES string of the molecule is O=CN(c1ccncc1)C1(c2ccccc2)CCCC1. The van der Waals surface area contributed by atoms with E-state index in [1.54, 1.807) is 12.4 Å². The fourth-order valence-electron chi connectivity index (χ4n) is 3.29. The molecule has 1 heterocycles. The fourth-order valence-corrected chi connectivity index (χ4v) is 3.29. The van der Waals surface area contributed by atoms with Gasteiger partial charge in [0.15, 0.2) is 0 Å². The van der Waals surface area contributed by atoms with Gasteiger partial charge in [-0.25, -0.2) is 0 Å². The molecule has 0 radical (unpaired) electrons. The number of benzene rings is 1. The van der Waals surface area contributed by atoms with Crippen LogP contribution in [-0.4, -0.2) is 11.4 Å². The molecule has 0 bridgehead atoms. The Kier molecular flexibility index (Phi) is 3.50. The summed E-state index contributed by atoms with van der Waals surface area (Å²) in [4.78, 5) is 17.7. The highest BCUT2D eigenvalue weighted by Gasteiger charge is 2.41. The molecule has 1 aromatic carbocycles. The Balaban J connectivity index is 2.08. The van der Waals surface area contributed by atoms with Crippen molar-refractivity contribution in [3.05, 3.63) is 60.4 Å². The Bertz CT molecular complexity index is 562. The van der Waals surface area contributed by atoms with Gasteiger partial charge in [0, 0.05) is 18.1 Å². The number of carbonyl (C=O) groups excluding carboxylic acids is 1. The molecular weight excluding hydrogens is 248 g/mol. The van der Waals surface area contributed by atoms with Crippen LogP contribution < -0.4 is 4.90 Å². The summed E-state index contributed by atoms with van der Waals surface area (Å²) in [7, 11) is 0. The van der Waals surface area contributed by atoms with Gasteiger partial charge < -0.3 is 4.90 Å². The average molecular weight is 266 g/mol. The Morgan fingerprint density at radius 1 is 1.00 bits per heavy atom. The van der Waals surface area contributed by atoms with Gasteiger partial charge in [-0.2, -0.15) is 0 Å². The Hall–Kier alpha value is -2.16. The predicted octanol–water partition coefficient (Wildman–Crippen LogP) is 3.51. The van der Waals surface area contributed by atoms with Crippen LogP contribution in [0.25, 0.3) is 0 Å². The van der Waals surface area contributed by atoms with Crippen LogP contribution in [-0.2, 0) is 10.3 Å². The number of pyridine rings is 1. The molecule has 0 saturated heterocycles. The van der Waals surface area contributed by atoms with Gasteiger partial charge in [-0.15, -0.1) is 0 Å². The van der Waals surface area contributed by atoms with Crippen LogP contribution in [0.5, 0.6) is 0 Å². The maximum atomic E-state index is 11.8. The van der Waals surface area contributed by atoms with Gasteiger partial charge in [0.1, 0.15) is 0 Å². The van der Waals surface area contributed by atoms with Crippen molar-refractivity contribution in [3.8, 4) is 0 Å². The second-order valence-electron chi connectivity index (χ2n) is 5.29. The average Bonchev–Trinajstić information content (AvgIpc) is 3.01. The highest BCUT2D eigenvalue weighted by Crippen LogP contribution is 2.45. The lowest BCUT2D eigenvalue weighted by Crippen LogP contribution is -2.43. The van der Waals surface area contributed by atoms with Crippen molar-refractivity contribution < 1.29 is 4.79 Å². The van der Waals surface area contributed by atoms with Gasteiger partial charge in [0.25, 0.3) is 0 Å². The molecule has 1 fully saturated rings. The van der Waals surface area contributed by atoms with Crippen molar-refractivity contribution in [3.63, 3.8) is 0 Å². The molecule has 0 aliphatic heterocycles. The lowest BCUT2D eigenvalue weighted by Gasteiger charge is -2.39. The van der Waals surface area contributed by atoms with Crippen LogP contribution >= 0.6 is 0 Å². The van der Waals surface area contributed by atoms with Crippen LogP contribution in [0.3, 0.4) is 0 Å². The van der Waals surface area contributed by atoms with Gasteiger partial charge >= 0.3 is 0 Å². The van der Waals surface area contributed by atoms with E-state index in [1.807, 2.05) is 35.2 Å². The summed E-state index contributed by atoms with van der Waals surface area (Å²) in [6, 6.07) is 14.2. The normalized spacial score (nSPS) is 16.8. The summed E-state index contributed by atoms with van der Waals surface area (Å²) in [6.07, 6.45) is 8.78. The number of anilines is 1. The maximum Gasteiger partial charge on any atom is 0.214 e. The Morgan fingerprint density at radius 3 is 2.25 bits per heavy atom. The van der Waals surface area contributed by atoms with Gasteiger partial charge in [0.05, 0.1) is 5.54 Å². The molecule has 1 saturated carbocycles. The minimum Gasteiger partial charge on any atom is -0.305 e. The summed E-state index contributed by atoms with van der Waals surface area (Å²) in [5.74, 6) is 0. The van der Waals surface area contributed by atoms with Crippen molar-refractivity contribution in [2.24, 2.45) is 0 Å². The third-order valence-electron chi connectivity index (χ3n) is 4.25. The molecule has 3 nitrogen and oxygen atoms in total. The van der Waals surface area contributed by atoms with E-state index in [9.17, 15) is 4.79 Å². The fraction of sp³-hybridized carbons (Fsp3) is 0.294. The quantitative estimate of drug-likeness (QED) is 0.793. The third kappa shape index (κ3) is 2.09. The zero-order chi connectivity index (χ0) is 13.8. The summed E-state index contributed by atoms with van der Waals surface area (Å²) in [6.45, 7) is 0. The minimum absolute atomic E-state index is 0.204. The summed E-state index contributed by atoms with van der Waals surface area (Å²) < 4.78 is 0. The first kappa shape index (κ1) is 12.9. The summed E-state index contributed by atoms with van der Waals surface area (Å²) in [5, 5.41) is 0. The smallest absolute Gasteiger partial charge is 0.214 e. The number of amides is 1. The van der Waals surface area contributed by atoms with Crippen LogP contribution in [0, 0.1) is 0 Å². The zero-order valence-electron chi connectivity index (χ0n) is 11.4. The van der Waals surface area contributed by atoms with E-state index < -0.39 is 0 Å². The first-order chi connectivity index (χ1) is 9.87.